The molecule has 218 valence electrons. The third-order valence-electron chi connectivity index (χ3n) is 11.6. The summed E-state index contributed by atoms with van der Waals surface area (Å²) in [7, 11) is 0. The molecule has 4 aliphatic carbocycles. The molecule has 6 nitrogen and oxygen atoms in total. The average molecular weight is 624 g/mol. The first-order chi connectivity index (χ1) is 17.2. The van der Waals surface area contributed by atoms with Gasteiger partial charge in [-0.15, -0.1) is 0 Å². The fourth-order valence-corrected chi connectivity index (χ4v) is 9.78. The molecule has 0 aromatic heterocycles. The van der Waals surface area contributed by atoms with Gasteiger partial charge in [-0.1, -0.05) is 39.3 Å². The molecule has 0 bridgehead atoms. The quantitative estimate of drug-likeness (QED) is 0.205. The maximum Gasteiger partial charge on any atom is 1.00 e. The third kappa shape index (κ3) is 4.91. The Labute approximate surface area is 244 Å². The monoisotopic (exact) mass is 622 g/mol. The van der Waals surface area contributed by atoms with E-state index in [2.05, 4.69) is 27.7 Å². The van der Waals surface area contributed by atoms with Crippen LogP contribution >= 0.6 is 0 Å². The van der Waals surface area contributed by atoms with Crippen molar-refractivity contribution in [2.45, 2.75) is 118 Å². The van der Waals surface area contributed by atoms with Gasteiger partial charge in [0, 0.05) is 6.92 Å². The van der Waals surface area contributed by atoms with Crippen LogP contribution in [0.1, 0.15) is 99.8 Å². The number of aliphatic hydroxyl groups excluding tert-OH is 2. The van der Waals surface area contributed by atoms with Crippen molar-refractivity contribution < 1.29 is 52.0 Å². The van der Waals surface area contributed by atoms with E-state index in [1.165, 1.54) is 6.92 Å². The zero-order valence-electron chi connectivity index (χ0n) is 24.1. The van der Waals surface area contributed by atoms with Crippen LogP contribution in [-0.2, 0) is 36.7 Å². The molecular formula is C31H47AgO6. The largest absolute Gasteiger partial charge is 1.00 e. The van der Waals surface area contributed by atoms with Crippen molar-refractivity contribution in [3.05, 3.63) is 22.8 Å². The van der Waals surface area contributed by atoms with Gasteiger partial charge in [-0.3, -0.25) is 4.79 Å². The Morgan fingerprint density at radius 1 is 1.05 bits per heavy atom. The van der Waals surface area contributed by atoms with E-state index >= 15 is 0 Å². The second-order valence-electron chi connectivity index (χ2n) is 13.6. The molecule has 0 spiro atoms. The summed E-state index contributed by atoms with van der Waals surface area (Å²) in [6.45, 7) is 14.4. The van der Waals surface area contributed by atoms with Gasteiger partial charge in [0.15, 0.2) is 0 Å². The number of esters is 1. The molecule has 2 N–H and O–H groups in total. The minimum atomic E-state index is -1.20. The van der Waals surface area contributed by atoms with Crippen LogP contribution in [0.25, 0.3) is 0 Å². The van der Waals surface area contributed by atoms with Gasteiger partial charge in [-0.2, -0.15) is 0 Å². The van der Waals surface area contributed by atoms with Crippen LogP contribution in [0.2, 0.25) is 0 Å². The van der Waals surface area contributed by atoms with Crippen molar-refractivity contribution in [1.29, 1.82) is 0 Å². The number of fused-ring (bicyclic) bond motifs is 5. The van der Waals surface area contributed by atoms with Crippen LogP contribution < -0.4 is 5.11 Å². The number of ether oxygens (including phenoxy) is 1. The Hall–Kier alpha value is -0.920. The summed E-state index contributed by atoms with van der Waals surface area (Å²) in [5, 5.41) is 35.0. The van der Waals surface area contributed by atoms with E-state index in [0.29, 0.717) is 37.2 Å². The number of rotatable bonds is 5. The summed E-state index contributed by atoms with van der Waals surface area (Å²) < 4.78 is 5.84. The molecule has 0 radical (unpaired) electrons. The second kappa shape index (κ2) is 11.2. The first-order valence-electron chi connectivity index (χ1n) is 14.3. The number of hydrogen-bond donors (Lipinski definition) is 2. The molecule has 0 aromatic rings. The smallest absolute Gasteiger partial charge is 0.545 e. The van der Waals surface area contributed by atoms with Gasteiger partial charge in [0.05, 0.1) is 18.2 Å². The molecule has 0 heterocycles. The maximum atomic E-state index is 12.5. The number of aliphatic carboxylic acids is 1. The van der Waals surface area contributed by atoms with E-state index in [0.717, 1.165) is 31.3 Å². The van der Waals surface area contributed by atoms with Crippen molar-refractivity contribution in [2.24, 2.45) is 39.9 Å². The van der Waals surface area contributed by atoms with Crippen molar-refractivity contribution in [3.63, 3.8) is 0 Å². The topological polar surface area (TPSA) is 107 Å². The van der Waals surface area contributed by atoms with Crippen LogP contribution in [-0.4, -0.2) is 40.5 Å². The molecule has 4 aliphatic rings. The van der Waals surface area contributed by atoms with Crippen LogP contribution in [0, 0.1) is 39.9 Å². The summed E-state index contributed by atoms with van der Waals surface area (Å²) in [5.41, 5.74) is 1.31. The van der Waals surface area contributed by atoms with E-state index in [9.17, 15) is 24.9 Å². The Bertz CT molecular complexity index is 1000. The predicted octanol–water partition coefficient (Wildman–Crippen LogP) is 4.33. The van der Waals surface area contributed by atoms with Crippen LogP contribution in [0.15, 0.2) is 22.8 Å². The van der Waals surface area contributed by atoms with Crippen molar-refractivity contribution in [3.8, 4) is 0 Å². The van der Waals surface area contributed by atoms with E-state index in [1.54, 1.807) is 0 Å². The van der Waals surface area contributed by atoms with Crippen molar-refractivity contribution in [1.82, 2.24) is 0 Å². The summed E-state index contributed by atoms with van der Waals surface area (Å²) in [4.78, 5) is 24.7. The van der Waals surface area contributed by atoms with Gasteiger partial charge in [-0.25, -0.2) is 0 Å². The zero-order valence-corrected chi connectivity index (χ0v) is 25.6. The first-order valence-corrected chi connectivity index (χ1v) is 14.3. The van der Waals surface area contributed by atoms with Gasteiger partial charge in [0.2, 0.25) is 0 Å². The predicted molar refractivity (Wildman–Crippen MR) is 140 cm³/mol. The molecule has 4 saturated carbocycles. The number of carboxylic acid groups (broad SMARTS) is 1. The zero-order chi connectivity index (χ0) is 27.5. The van der Waals surface area contributed by atoms with Crippen molar-refractivity contribution in [2.75, 3.05) is 0 Å². The first kappa shape index (κ1) is 31.6. The SMILES string of the molecule is CC(=O)O[C@H]1C[C@@]2(C)[C@@H](C[C@@H](O)C3[C@]2(C)CC[C@H]2[C@H](C)[C@H](O)CC[C@]32C)/C1=C(/CCC=C(C)C)C(=O)[O-].[Ag+]. The van der Waals surface area contributed by atoms with Gasteiger partial charge < -0.3 is 24.9 Å². The van der Waals surface area contributed by atoms with E-state index in [-0.39, 0.29) is 68.1 Å². The number of carbonyl (C=O) groups is 2. The molecule has 7 heteroatoms. The van der Waals surface area contributed by atoms with Gasteiger partial charge in [-0.05, 0) is 116 Å². The van der Waals surface area contributed by atoms with Crippen LogP contribution in [0.5, 0.6) is 0 Å². The van der Waals surface area contributed by atoms with E-state index in [4.69, 9.17) is 4.74 Å². The average Bonchev–Trinajstić information content (AvgIpc) is 3.05. The minimum absolute atomic E-state index is 0. The fourth-order valence-electron chi connectivity index (χ4n) is 9.78. The molecule has 10 atom stereocenters. The van der Waals surface area contributed by atoms with Gasteiger partial charge in [0.25, 0.3) is 0 Å². The minimum Gasteiger partial charge on any atom is -0.545 e. The maximum absolute atomic E-state index is 12.5. The Morgan fingerprint density at radius 3 is 2.29 bits per heavy atom. The van der Waals surface area contributed by atoms with E-state index in [1.807, 2.05) is 19.9 Å². The summed E-state index contributed by atoms with van der Waals surface area (Å²) in [6, 6.07) is 0. The molecule has 0 aromatic carbocycles. The normalized spacial score (nSPS) is 45.0. The third-order valence-corrected chi connectivity index (χ3v) is 11.6. The number of aliphatic hydroxyl groups is 2. The van der Waals surface area contributed by atoms with Crippen LogP contribution in [0.3, 0.4) is 0 Å². The molecular weight excluding hydrogens is 576 g/mol. The number of hydrogen-bond acceptors (Lipinski definition) is 6. The molecule has 0 saturated heterocycles. The second-order valence-corrected chi connectivity index (χ2v) is 13.6. The summed E-state index contributed by atoms with van der Waals surface area (Å²) in [5.74, 6) is -1.25. The fraction of sp³-hybridized carbons (Fsp3) is 0.806. The summed E-state index contributed by atoms with van der Waals surface area (Å²) >= 11 is 0. The molecule has 4 rings (SSSR count). The standard InChI is InChI=1S/C31H48O6.Ag/c1-17(2)9-8-10-20(28(35)36)26-22-15-24(34)27-29(5)13-12-23(33)18(3)21(29)11-14-30(27,6)31(22,7)16-25(26)37-19(4)32;/h9,18,21-25,27,33-34H,8,10-16H2,1-7H3,(H,35,36);/q;+1/p-1/b26-20+;/t18-,21-,22-,23+,24+,25-,27?,29-,30-,31-;/m0./s1. The molecule has 1 unspecified atom stereocenters. The number of carbonyl (C=O) groups excluding carboxylic acids is 2. The molecule has 0 aliphatic heterocycles. The number of carboxylic acids is 1. The number of allylic oxidation sites excluding steroid dienone is 2. The van der Waals surface area contributed by atoms with E-state index < -0.39 is 24.1 Å². The van der Waals surface area contributed by atoms with Gasteiger partial charge >= 0.3 is 28.3 Å². The van der Waals surface area contributed by atoms with Gasteiger partial charge in [0.1, 0.15) is 6.10 Å². The van der Waals surface area contributed by atoms with Crippen molar-refractivity contribution >= 4 is 11.9 Å². The molecule has 4 fully saturated rings. The molecule has 38 heavy (non-hydrogen) atoms. The molecule has 0 amide bonds. The Kier molecular flexibility index (Phi) is 9.28. The Morgan fingerprint density at radius 2 is 1.71 bits per heavy atom. The summed E-state index contributed by atoms with van der Waals surface area (Å²) in [6.07, 6.45) is 5.92. The van der Waals surface area contributed by atoms with Crippen LogP contribution in [0.4, 0.5) is 0 Å². The Balaban J connectivity index is 0.00000400.